The van der Waals surface area contributed by atoms with Gasteiger partial charge in [0, 0.05) is 13.5 Å². The summed E-state index contributed by atoms with van der Waals surface area (Å²) in [6, 6.07) is 0. The summed E-state index contributed by atoms with van der Waals surface area (Å²) >= 11 is 0. The molecule has 1 heterocycles. The minimum absolute atomic E-state index is 0.183. The fourth-order valence-corrected chi connectivity index (χ4v) is 1.13. The fraction of sp³-hybridized carbons (Fsp3) is 0.600. The summed E-state index contributed by atoms with van der Waals surface area (Å²) in [6.07, 6.45) is 0.552. The normalized spacial score (nSPS) is 10.3. The summed E-state index contributed by atoms with van der Waals surface area (Å²) in [5.41, 5.74) is 0.555. The third kappa shape index (κ3) is 3.06. The van der Waals surface area contributed by atoms with Crippen LogP contribution in [0.2, 0.25) is 0 Å². The van der Waals surface area contributed by atoms with E-state index < -0.39 is 5.97 Å². The van der Waals surface area contributed by atoms with Gasteiger partial charge in [-0.2, -0.15) is 0 Å². The lowest BCUT2D eigenvalue weighted by Gasteiger charge is -1.97. The van der Waals surface area contributed by atoms with E-state index in [0.29, 0.717) is 31.2 Å². The first kappa shape index (κ1) is 11.7. The van der Waals surface area contributed by atoms with Crippen LogP contribution in [0.3, 0.4) is 0 Å². The summed E-state index contributed by atoms with van der Waals surface area (Å²) in [7, 11) is 1.60. The van der Waals surface area contributed by atoms with E-state index in [0.717, 1.165) is 0 Å². The molecule has 0 atom stereocenters. The Morgan fingerprint density at radius 1 is 1.53 bits per heavy atom. The Hall–Kier alpha value is -1.36. The average molecular weight is 213 g/mol. The molecular formula is C10H15NO4. The predicted octanol–water partition coefficient (Wildman–Crippen LogP) is 1.35. The standard InChI is InChI=1S/C10H15NO4/c1-4-14-10(12)9-7(2)11-8(15-9)5-6-13-3/h4-6H2,1-3H3. The number of nitrogens with zero attached hydrogens (tertiary/aromatic N) is 1. The Balaban J connectivity index is 2.72. The van der Waals surface area contributed by atoms with E-state index in [9.17, 15) is 4.79 Å². The molecule has 1 aromatic heterocycles. The molecule has 5 nitrogen and oxygen atoms in total. The van der Waals surface area contributed by atoms with Crippen molar-refractivity contribution in [1.82, 2.24) is 4.98 Å². The first-order valence-electron chi connectivity index (χ1n) is 4.81. The molecule has 0 aromatic carbocycles. The van der Waals surface area contributed by atoms with Crippen molar-refractivity contribution in [3.05, 3.63) is 17.3 Å². The van der Waals surface area contributed by atoms with Gasteiger partial charge in [0.15, 0.2) is 5.89 Å². The van der Waals surface area contributed by atoms with E-state index in [-0.39, 0.29) is 5.76 Å². The smallest absolute Gasteiger partial charge is 0.376 e. The Bertz CT molecular complexity index is 332. The average Bonchev–Trinajstić information content (AvgIpc) is 2.57. The van der Waals surface area contributed by atoms with E-state index >= 15 is 0 Å². The lowest BCUT2D eigenvalue weighted by molar-refractivity contribution is 0.0486. The van der Waals surface area contributed by atoms with Crippen LogP contribution >= 0.6 is 0 Å². The van der Waals surface area contributed by atoms with E-state index in [1.807, 2.05) is 0 Å². The van der Waals surface area contributed by atoms with Gasteiger partial charge in [0.1, 0.15) is 0 Å². The van der Waals surface area contributed by atoms with Crippen LogP contribution in [0.15, 0.2) is 4.42 Å². The highest BCUT2D eigenvalue weighted by Gasteiger charge is 2.17. The largest absolute Gasteiger partial charge is 0.460 e. The number of methoxy groups -OCH3 is 1. The Morgan fingerprint density at radius 3 is 2.87 bits per heavy atom. The SMILES string of the molecule is CCOC(=O)c1oc(CCOC)nc1C. The number of aromatic nitrogens is 1. The quantitative estimate of drug-likeness (QED) is 0.691. The number of rotatable bonds is 5. The molecule has 0 spiro atoms. The zero-order valence-electron chi connectivity index (χ0n) is 9.20. The van der Waals surface area contributed by atoms with Crippen molar-refractivity contribution in [2.24, 2.45) is 0 Å². The van der Waals surface area contributed by atoms with Crippen molar-refractivity contribution in [3.8, 4) is 0 Å². The zero-order chi connectivity index (χ0) is 11.3. The van der Waals surface area contributed by atoms with Crippen molar-refractivity contribution in [2.45, 2.75) is 20.3 Å². The van der Waals surface area contributed by atoms with Crippen LogP contribution in [0.1, 0.15) is 29.1 Å². The number of hydrogen-bond acceptors (Lipinski definition) is 5. The molecule has 0 radical (unpaired) electrons. The molecule has 0 aliphatic heterocycles. The van der Waals surface area contributed by atoms with Crippen molar-refractivity contribution in [1.29, 1.82) is 0 Å². The van der Waals surface area contributed by atoms with Crippen LogP contribution in [0.25, 0.3) is 0 Å². The monoisotopic (exact) mass is 213 g/mol. The summed E-state index contributed by atoms with van der Waals surface area (Å²) in [5, 5.41) is 0. The van der Waals surface area contributed by atoms with E-state index in [2.05, 4.69) is 4.98 Å². The lowest BCUT2D eigenvalue weighted by Crippen LogP contribution is -2.04. The van der Waals surface area contributed by atoms with Crippen LogP contribution in [0.5, 0.6) is 0 Å². The number of ether oxygens (including phenoxy) is 2. The molecule has 0 bridgehead atoms. The van der Waals surface area contributed by atoms with Crippen molar-refractivity contribution in [3.63, 3.8) is 0 Å². The molecule has 1 rings (SSSR count). The number of hydrogen-bond donors (Lipinski definition) is 0. The first-order chi connectivity index (χ1) is 7.19. The molecule has 0 aliphatic rings. The molecule has 0 N–H and O–H groups in total. The van der Waals surface area contributed by atoms with Crippen molar-refractivity contribution < 1.29 is 18.7 Å². The number of carbonyl (C=O) groups is 1. The number of carbonyl (C=O) groups excluding carboxylic acids is 1. The molecule has 5 heteroatoms. The molecule has 1 aromatic rings. The third-order valence-corrected chi connectivity index (χ3v) is 1.82. The van der Waals surface area contributed by atoms with Gasteiger partial charge in [-0.25, -0.2) is 9.78 Å². The minimum Gasteiger partial charge on any atom is -0.460 e. The molecule has 0 unspecified atom stereocenters. The summed E-state index contributed by atoms with van der Waals surface area (Å²) < 4.78 is 15.0. The first-order valence-corrected chi connectivity index (χ1v) is 4.81. The Labute approximate surface area is 88.4 Å². The zero-order valence-corrected chi connectivity index (χ0v) is 9.20. The van der Waals surface area contributed by atoms with Gasteiger partial charge in [0.05, 0.1) is 18.9 Å². The molecule has 0 amide bonds. The highest BCUT2D eigenvalue weighted by Crippen LogP contribution is 2.12. The summed E-state index contributed by atoms with van der Waals surface area (Å²) in [4.78, 5) is 15.5. The lowest BCUT2D eigenvalue weighted by atomic mass is 10.4. The van der Waals surface area contributed by atoms with Gasteiger partial charge in [-0.15, -0.1) is 0 Å². The second kappa shape index (κ2) is 5.50. The second-order valence-corrected chi connectivity index (χ2v) is 2.99. The highest BCUT2D eigenvalue weighted by atomic mass is 16.5. The van der Waals surface area contributed by atoms with Gasteiger partial charge in [-0.05, 0) is 13.8 Å². The van der Waals surface area contributed by atoms with E-state index in [1.165, 1.54) is 0 Å². The maximum atomic E-state index is 11.4. The predicted molar refractivity (Wildman–Crippen MR) is 52.8 cm³/mol. The maximum absolute atomic E-state index is 11.4. The van der Waals surface area contributed by atoms with Crippen LogP contribution in [0.4, 0.5) is 0 Å². The minimum atomic E-state index is -0.467. The second-order valence-electron chi connectivity index (χ2n) is 2.99. The van der Waals surface area contributed by atoms with Gasteiger partial charge in [0.25, 0.3) is 0 Å². The molecule has 15 heavy (non-hydrogen) atoms. The van der Waals surface area contributed by atoms with Gasteiger partial charge >= 0.3 is 5.97 Å². The van der Waals surface area contributed by atoms with Crippen molar-refractivity contribution in [2.75, 3.05) is 20.3 Å². The Morgan fingerprint density at radius 2 is 2.27 bits per heavy atom. The van der Waals surface area contributed by atoms with Gasteiger partial charge in [-0.1, -0.05) is 0 Å². The Kier molecular flexibility index (Phi) is 4.30. The van der Waals surface area contributed by atoms with Gasteiger partial charge < -0.3 is 13.9 Å². The molecule has 0 fully saturated rings. The molecule has 0 aliphatic carbocycles. The highest BCUT2D eigenvalue weighted by molar-refractivity contribution is 5.87. The number of esters is 1. The van der Waals surface area contributed by atoms with E-state index in [4.69, 9.17) is 13.9 Å². The number of aryl methyl sites for hydroxylation is 1. The van der Waals surface area contributed by atoms with Gasteiger partial charge in [-0.3, -0.25) is 0 Å². The van der Waals surface area contributed by atoms with Crippen LogP contribution < -0.4 is 0 Å². The van der Waals surface area contributed by atoms with Gasteiger partial charge in [0.2, 0.25) is 5.76 Å². The fourth-order valence-electron chi connectivity index (χ4n) is 1.13. The van der Waals surface area contributed by atoms with Crippen LogP contribution in [-0.4, -0.2) is 31.3 Å². The number of oxazole rings is 1. The molecule has 0 saturated heterocycles. The maximum Gasteiger partial charge on any atom is 0.376 e. The van der Waals surface area contributed by atoms with Crippen molar-refractivity contribution >= 4 is 5.97 Å². The molecular weight excluding hydrogens is 198 g/mol. The van der Waals surface area contributed by atoms with Crippen LogP contribution in [-0.2, 0) is 15.9 Å². The third-order valence-electron chi connectivity index (χ3n) is 1.82. The van der Waals surface area contributed by atoms with E-state index in [1.54, 1.807) is 21.0 Å². The topological polar surface area (TPSA) is 61.6 Å². The summed E-state index contributed by atoms with van der Waals surface area (Å²) in [6.45, 7) is 4.30. The molecule has 0 saturated carbocycles. The van der Waals surface area contributed by atoms with Crippen LogP contribution in [0, 0.1) is 6.92 Å². The molecule has 84 valence electrons. The summed E-state index contributed by atoms with van der Waals surface area (Å²) in [5.74, 6) is 0.214.